The smallest absolute Gasteiger partial charge is 0.126 e. The first-order valence-corrected chi connectivity index (χ1v) is 24.7. The maximum absolute atomic E-state index is 2.68. The summed E-state index contributed by atoms with van der Waals surface area (Å²) in [6, 6.07) is 45.8. The zero-order valence-corrected chi connectivity index (χ0v) is 41.1. The van der Waals surface area contributed by atoms with Gasteiger partial charge in [0.25, 0.3) is 0 Å². The number of hydrogen-bond acceptors (Lipinski definition) is 4. The number of hydrogen-bond donors (Lipinski definition) is 0. The molecule has 0 N–H and O–H groups in total. The fourth-order valence-corrected chi connectivity index (χ4v) is 12.6. The second-order valence-electron chi connectivity index (χ2n) is 23.5. The van der Waals surface area contributed by atoms with E-state index in [1.165, 1.54) is 126 Å². The third kappa shape index (κ3) is 6.18. The summed E-state index contributed by atoms with van der Waals surface area (Å²) in [6.45, 7) is 28.0. The number of thiophene rings is 1. The highest BCUT2D eigenvalue weighted by molar-refractivity contribution is 7.24. The van der Waals surface area contributed by atoms with Crippen LogP contribution in [0.1, 0.15) is 149 Å². The van der Waals surface area contributed by atoms with E-state index in [4.69, 9.17) is 0 Å². The summed E-state index contributed by atoms with van der Waals surface area (Å²) < 4.78 is 1.37. The van der Waals surface area contributed by atoms with E-state index in [1.807, 2.05) is 11.3 Å². The molecule has 1 aromatic heterocycles. The van der Waals surface area contributed by atoms with Crippen molar-refractivity contribution in [3.8, 4) is 11.1 Å². The Bertz CT molecular complexity index is 3000. The molecule has 4 heteroatoms. The van der Waals surface area contributed by atoms with Gasteiger partial charge in [-0.05, 0) is 140 Å². The van der Waals surface area contributed by atoms with Crippen molar-refractivity contribution in [1.82, 2.24) is 0 Å². The van der Waals surface area contributed by atoms with Gasteiger partial charge in [0, 0.05) is 26.9 Å². The van der Waals surface area contributed by atoms with Crippen LogP contribution in [0.3, 0.4) is 0 Å². The summed E-state index contributed by atoms with van der Waals surface area (Å²) >= 11 is 1.99. The van der Waals surface area contributed by atoms with E-state index in [9.17, 15) is 0 Å². The van der Waals surface area contributed by atoms with Crippen LogP contribution in [0.2, 0.25) is 0 Å². The van der Waals surface area contributed by atoms with Crippen molar-refractivity contribution in [2.75, 3.05) is 14.7 Å². The molecule has 11 rings (SSSR count). The molecule has 0 radical (unpaired) electrons. The SMILES string of the molecule is CC(C)(C)c1ccc(N2c3ccc(C(C)(C)C)cc3N3c4sc5cc6c(cc5c4N(c4ccc(C(C)(C)C)cc4)c4cc(C(C)(C)C)cc2c43)-c2ccccc2C62CCCCC2)cc1. The van der Waals surface area contributed by atoms with Gasteiger partial charge in [-0.3, -0.25) is 4.90 Å². The highest BCUT2D eigenvalue weighted by Crippen LogP contribution is 2.68. The molecule has 0 bridgehead atoms. The van der Waals surface area contributed by atoms with Crippen LogP contribution in [0.5, 0.6) is 0 Å². The normalized spacial score (nSPS) is 16.5. The predicted octanol–water partition coefficient (Wildman–Crippen LogP) is 18.4. The van der Waals surface area contributed by atoms with Crippen molar-refractivity contribution in [2.24, 2.45) is 0 Å². The summed E-state index contributed by atoms with van der Waals surface area (Å²) in [6.07, 6.45) is 6.36. The number of rotatable bonds is 2. The highest BCUT2D eigenvalue weighted by atomic mass is 32.1. The van der Waals surface area contributed by atoms with Crippen LogP contribution in [0.4, 0.5) is 50.5 Å². The van der Waals surface area contributed by atoms with Gasteiger partial charge in [-0.25, -0.2) is 0 Å². The molecule has 2 aliphatic heterocycles. The van der Waals surface area contributed by atoms with Gasteiger partial charge in [-0.2, -0.15) is 0 Å². The zero-order chi connectivity index (χ0) is 44.9. The predicted molar refractivity (Wildman–Crippen MR) is 277 cm³/mol. The van der Waals surface area contributed by atoms with Crippen molar-refractivity contribution in [3.05, 3.63) is 149 Å². The molecule has 4 aliphatic rings. The number of anilines is 9. The van der Waals surface area contributed by atoms with Crippen LogP contribution < -0.4 is 14.7 Å². The first kappa shape index (κ1) is 41.4. The van der Waals surface area contributed by atoms with E-state index < -0.39 is 0 Å². The largest absolute Gasteiger partial charge is 0.306 e. The van der Waals surface area contributed by atoms with Crippen LogP contribution in [0, 0.1) is 0 Å². The van der Waals surface area contributed by atoms with Gasteiger partial charge in [0.2, 0.25) is 0 Å². The Kier molecular flexibility index (Phi) is 8.96. The molecule has 3 heterocycles. The van der Waals surface area contributed by atoms with Crippen molar-refractivity contribution in [3.63, 3.8) is 0 Å². The Labute approximate surface area is 386 Å². The lowest BCUT2D eigenvalue weighted by atomic mass is 9.68. The molecule has 0 atom stereocenters. The van der Waals surface area contributed by atoms with E-state index in [0.717, 1.165) is 0 Å². The third-order valence-corrected chi connectivity index (χ3v) is 16.2. The van der Waals surface area contributed by atoms with Gasteiger partial charge in [-0.15, -0.1) is 11.3 Å². The molecular weight excluding hydrogens is 795 g/mol. The lowest BCUT2D eigenvalue weighted by Crippen LogP contribution is -2.31. The fourth-order valence-electron chi connectivity index (χ4n) is 11.4. The summed E-state index contributed by atoms with van der Waals surface area (Å²) in [5.74, 6) is 0. The van der Waals surface area contributed by atoms with Crippen LogP contribution >= 0.6 is 11.3 Å². The molecule has 6 aromatic carbocycles. The minimum Gasteiger partial charge on any atom is -0.306 e. The van der Waals surface area contributed by atoms with Crippen molar-refractivity contribution < 1.29 is 0 Å². The summed E-state index contributed by atoms with van der Waals surface area (Å²) in [4.78, 5) is 7.89. The molecule has 64 heavy (non-hydrogen) atoms. The first-order valence-electron chi connectivity index (χ1n) is 23.9. The van der Waals surface area contributed by atoms with E-state index in [-0.39, 0.29) is 27.1 Å². The third-order valence-electron chi connectivity index (χ3n) is 15.1. The van der Waals surface area contributed by atoms with Crippen molar-refractivity contribution in [1.29, 1.82) is 0 Å². The molecule has 1 fully saturated rings. The second kappa shape index (κ2) is 13.8. The molecule has 0 amide bonds. The average molecular weight is 860 g/mol. The number of fused-ring (bicyclic) bond motifs is 11. The van der Waals surface area contributed by atoms with E-state index in [0.29, 0.717) is 0 Å². The van der Waals surface area contributed by atoms with Crippen molar-refractivity contribution in [2.45, 2.75) is 142 Å². The minimum atomic E-state index is -0.105. The van der Waals surface area contributed by atoms with Gasteiger partial charge in [-0.1, -0.05) is 157 Å². The van der Waals surface area contributed by atoms with Crippen LogP contribution in [0.25, 0.3) is 21.2 Å². The highest BCUT2D eigenvalue weighted by Gasteiger charge is 2.46. The van der Waals surface area contributed by atoms with Crippen LogP contribution in [-0.2, 0) is 27.1 Å². The summed E-state index contributed by atoms with van der Waals surface area (Å²) in [5, 5.41) is 2.63. The molecule has 3 nitrogen and oxygen atoms in total. The molecule has 1 saturated carbocycles. The van der Waals surface area contributed by atoms with E-state index >= 15 is 0 Å². The Morgan fingerprint density at radius 1 is 0.422 bits per heavy atom. The van der Waals surface area contributed by atoms with Gasteiger partial charge in [0.15, 0.2) is 0 Å². The van der Waals surface area contributed by atoms with Crippen molar-refractivity contribution >= 4 is 71.9 Å². The molecule has 7 aromatic rings. The van der Waals surface area contributed by atoms with E-state index in [1.54, 1.807) is 11.1 Å². The molecule has 0 unspecified atom stereocenters. The summed E-state index contributed by atoms with van der Waals surface area (Å²) in [7, 11) is 0. The monoisotopic (exact) mass is 859 g/mol. The standard InChI is InChI=1S/C60H65N3S/c1-56(2,3)37-20-25-41(26-21-37)61-48-29-24-39(58(7,8)9)32-49(48)63-54-50(61)33-40(59(10,11)12)34-51(54)62(42-27-22-38(23-28-42)57(4,5)6)53-45-35-44-43-18-14-15-19-46(43)60(30-16-13-17-31-60)47(44)36-52(45)64-55(53)63/h14-15,18-29,32-36H,13,16-17,30-31H2,1-12H3. The van der Waals surface area contributed by atoms with Gasteiger partial charge >= 0.3 is 0 Å². The Morgan fingerprint density at radius 3 is 1.55 bits per heavy atom. The topological polar surface area (TPSA) is 9.72 Å². The van der Waals surface area contributed by atoms with Crippen LogP contribution in [0.15, 0.2) is 115 Å². The fraction of sp³-hybridized carbons (Fsp3) is 0.367. The summed E-state index contributed by atoms with van der Waals surface area (Å²) in [5.41, 5.74) is 21.2. The second-order valence-corrected chi connectivity index (χ2v) is 24.5. The molecule has 0 saturated heterocycles. The Balaban J connectivity index is 1.26. The Hall–Kier alpha value is -5.32. The molecular formula is C60H65N3S. The minimum absolute atomic E-state index is 0.0322. The maximum Gasteiger partial charge on any atom is 0.126 e. The number of nitrogens with zero attached hydrogens (tertiary/aromatic N) is 3. The first-order chi connectivity index (χ1) is 30.2. The van der Waals surface area contributed by atoms with Gasteiger partial charge in [0.05, 0.1) is 34.1 Å². The quantitative estimate of drug-likeness (QED) is 0.171. The average Bonchev–Trinajstić information content (AvgIpc) is 3.74. The zero-order valence-electron chi connectivity index (χ0n) is 40.3. The van der Waals surface area contributed by atoms with E-state index in [2.05, 4.69) is 213 Å². The molecule has 326 valence electrons. The van der Waals surface area contributed by atoms with Gasteiger partial charge in [0.1, 0.15) is 5.00 Å². The lowest BCUT2D eigenvalue weighted by molar-refractivity contribution is 0.353. The Morgan fingerprint density at radius 2 is 0.953 bits per heavy atom. The lowest BCUT2D eigenvalue weighted by Gasteiger charge is -2.47. The molecule has 1 spiro atoms. The van der Waals surface area contributed by atoms with Crippen LogP contribution in [-0.4, -0.2) is 0 Å². The van der Waals surface area contributed by atoms with Gasteiger partial charge < -0.3 is 9.80 Å². The maximum atomic E-state index is 2.68. The number of benzene rings is 6. The molecule has 2 aliphatic carbocycles.